The van der Waals surface area contributed by atoms with Crippen LogP contribution >= 0.6 is 27.3 Å². The van der Waals surface area contributed by atoms with Crippen molar-refractivity contribution >= 4 is 32.3 Å². The second kappa shape index (κ2) is 3.77. The topological polar surface area (TPSA) is 32.3 Å². The fourth-order valence-corrected chi connectivity index (χ4v) is 2.03. The Hall–Kier alpha value is -0.0600. The van der Waals surface area contributed by atoms with Crippen LogP contribution in [-0.4, -0.2) is 17.3 Å². The summed E-state index contributed by atoms with van der Waals surface area (Å²) in [7, 11) is 0. The standard InChI is InChI=1S/C8H12BrNOS/c1-8(2,11)5-10-7-3-6(9)4-12-7/h3-4,10-11H,5H2,1-2H3. The molecule has 2 N–H and O–H groups in total. The van der Waals surface area contributed by atoms with Crippen LogP contribution < -0.4 is 5.32 Å². The van der Waals surface area contributed by atoms with Gasteiger partial charge >= 0.3 is 0 Å². The molecular weight excluding hydrogens is 238 g/mol. The highest BCUT2D eigenvalue weighted by Gasteiger charge is 2.11. The Balaban J connectivity index is 2.44. The van der Waals surface area contributed by atoms with E-state index in [1.54, 1.807) is 25.2 Å². The summed E-state index contributed by atoms with van der Waals surface area (Å²) >= 11 is 4.98. The van der Waals surface area contributed by atoms with Gasteiger partial charge in [-0.15, -0.1) is 11.3 Å². The van der Waals surface area contributed by atoms with E-state index in [0.717, 1.165) is 9.47 Å². The van der Waals surface area contributed by atoms with Gasteiger partial charge < -0.3 is 10.4 Å². The van der Waals surface area contributed by atoms with Crippen molar-refractivity contribution in [2.24, 2.45) is 0 Å². The van der Waals surface area contributed by atoms with E-state index in [9.17, 15) is 5.11 Å². The number of hydrogen-bond donors (Lipinski definition) is 2. The van der Waals surface area contributed by atoms with Crippen LogP contribution in [0.3, 0.4) is 0 Å². The highest BCUT2D eigenvalue weighted by Crippen LogP contribution is 2.24. The van der Waals surface area contributed by atoms with E-state index in [2.05, 4.69) is 21.2 Å². The lowest BCUT2D eigenvalue weighted by Gasteiger charge is -2.17. The van der Waals surface area contributed by atoms with Gasteiger partial charge in [-0.25, -0.2) is 0 Å². The van der Waals surface area contributed by atoms with Crippen LogP contribution in [0.2, 0.25) is 0 Å². The average molecular weight is 250 g/mol. The van der Waals surface area contributed by atoms with E-state index in [1.807, 2.05) is 11.4 Å². The van der Waals surface area contributed by atoms with Crippen LogP contribution in [0.5, 0.6) is 0 Å². The molecule has 0 aromatic carbocycles. The van der Waals surface area contributed by atoms with Gasteiger partial charge in [0.1, 0.15) is 0 Å². The van der Waals surface area contributed by atoms with E-state index in [4.69, 9.17) is 0 Å². The third-order valence-corrected chi connectivity index (χ3v) is 2.91. The van der Waals surface area contributed by atoms with Gasteiger partial charge in [0.15, 0.2) is 0 Å². The quantitative estimate of drug-likeness (QED) is 0.864. The molecule has 0 bridgehead atoms. The summed E-state index contributed by atoms with van der Waals surface area (Å²) in [5.41, 5.74) is -0.656. The Labute approximate surface area is 84.7 Å². The first-order valence-corrected chi connectivity index (χ1v) is 5.35. The molecular formula is C8H12BrNOS. The van der Waals surface area contributed by atoms with Gasteiger partial charge in [-0.05, 0) is 35.8 Å². The third kappa shape index (κ3) is 3.56. The minimum absolute atomic E-state index is 0.569. The van der Waals surface area contributed by atoms with Crippen molar-refractivity contribution in [2.45, 2.75) is 19.4 Å². The lowest BCUT2D eigenvalue weighted by Crippen LogP contribution is -2.28. The minimum Gasteiger partial charge on any atom is -0.389 e. The predicted octanol–water partition coefficient (Wildman–Crippen LogP) is 2.69. The SMILES string of the molecule is CC(C)(O)CNc1cc(Br)cs1. The monoisotopic (exact) mass is 249 g/mol. The summed E-state index contributed by atoms with van der Waals surface area (Å²) in [5.74, 6) is 0. The summed E-state index contributed by atoms with van der Waals surface area (Å²) < 4.78 is 1.07. The molecule has 0 saturated carbocycles. The number of aliphatic hydroxyl groups is 1. The molecule has 0 radical (unpaired) electrons. The number of thiophene rings is 1. The number of nitrogens with one attached hydrogen (secondary N) is 1. The molecule has 0 fully saturated rings. The molecule has 0 aliphatic heterocycles. The van der Waals surface area contributed by atoms with Crippen LogP contribution in [0.4, 0.5) is 5.00 Å². The molecule has 0 aliphatic carbocycles. The lowest BCUT2D eigenvalue weighted by molar-refractivity contribution is 0.0946. The van der Waals surface area contributed by atoms with Gasteiger partial charge in [-0.2, -0.15) is 0 Å². The normalized spacial score (nSPS) is 11.7. The van der Waals surface area contributed by atoms with E-state index >= 15 is 0 Å². The zero-order valence-electron chi connectivity index (χ0n) is 7.10. The van der Waals surface area contributed by atoms with Crippen molar-refractivity contribution in [2.75, 3.05) is 11.9 Å². The van der Waals surface area contributed by atoms with Gasteiger partial charge in [-0.3, -0.25) is 0 Å². The largest absolute Gasteiger partial charge is 0.389 e. The van der Waals surface area contributed by atoms with Crippen LogP contribution in [-0.2, 0) is 0 Å². The molecule has 68 valence electrons. The summed E-state index contributed by atoms with van der Waals surface area (Å²) in [6.07, 6.45) is 0. The lowest BCUT2D eigenvalue weighted by atomic mass is 10.1. The zero-order valence-corrected chi connectivity index (χ0v) is 9.50. The summed E-state index contributed by atoms with van der Waals surface area (Å²) in [6.45, 7) is 4.13. The van der Waals surface area contributed by atoms with Gasteiger partial charge in [0.05, 0.1) is 10.6 Å². The number of anilines is 1. The Morgan fingerprint density at radius 3 is 2.75 bits per heavy atom. The zero-order chi connectivity index (χ0) is 9.19. The second-order valence-electron chi connectivity index (χ2n) is 3.30. The Morgan fingerprint density at radius 1 is 1.67 bits per heavy atom. The van der Waals surface area contributed by atoms with Gasteiger partial charge in [-0.1, -0.05) is 0 Å². The molecule has 0 unspecified atom stereocenters. The molecule has 0 spiro atoms. The highest BCUT2D eigenvalue weighted by atomic mass is 79.9. The summed E-state index contributed by atoms with van der Waals surface area (Å²) in [6, 6.07) is 2.00. The fraction of sp³-hybridized carbons (Fsp3) is 0.500. The smallest absolute Gasteiger partial charge is 0.0895 e. The molecule has 2 nitrogen and oxygen atoms in total. The van der Waals surface area contributed by atoms with E-state index in [1.165, 1.54) is 0 Å². The maximum absolute atomic E-state index is 9.42. The van der Waals surface area contributed by atoms with Crippen LogP contribution in [0.25, 0.3) is 0 Å². The Kier molecular flexibility index (Phi) is 3.15. The van der Waals surface area contributed by atoms with Gasteiger partial charge in [0.25, 0.3) is 0 Å². The summed E-state index contributed by atoms with van der Waals surface area (Å²) in [5, 5.41) is 15.6. The van der Waals surface area contributed by atoms with Crippen molar-refractivity contribution in [3.63, 3.8) is 0 Å². The molecule has 4 heteroatoms. The highest BCUT2D eigenvalue weighted by molar-refractivity contribution is 9.10. The van der Waals surface area contributed by atoms with Crippen LogP contribution in [0.15, 0.2) is 15.9 Å². The predicted molar refractivity (Wildman–Crippen MR) is 56.8 cm³/mol. The van der Waals surface area contributed by atoms with Crippen molar-refractivity contribution in [3.05, 3.63) is 15.9 Å². The molecule has 0 aliphatic rings. The van der Waals surface area contributed by atoms with E-state index < -0.39 is 5.60 Å². The first kappa shape index (κ1) is 10.0. The molecule has 0 saturated heterocycles. The van der Waals surface area contributed by atoms with E-state index in [0.29, 0.717) is 6.54 Å². The first-order chi connectivity index (χ1) is 5.47. The Bertz CT molecular complexity index is 254. The van der Waals surface area contributed by atoms with Gasteiger partial charge in [0.2, 0.25) is 0 Å². The molecule has 0 atom stereocenters. The molecule has 12 heavy (non-hydrogen) atoms. The summed E-state index contributed by atoms with van der Waals surface area (Å²) in [4.78, 5) is 0. The maximum Gasteiger partial charge on any atom is 0.0895 e. The molecule has 1 rings (SSSR count). The molecule has 1 aromatic heterocycles. The van der Waals surface area contributed by atoms with Crippen molar-refractivity contribution < 1.29 is 5.11 Å². The van der Waals surface area contributed by atoms with Crippen molar-refractivity contribution in [1.29, 1.82) is 0 Å². The fourth-order valence-electron chi connectivity index (χ4n) is 0.709. The van der Waals surface area contributed by atoms with Crippen molar-refractivity contribution in [3.8, 4) is 0 Å². The maximum atomic E-state index is 9.42. The van der Waals surface area contributed by atoms with Crippen LogP contribution in [0, 0.1) is 0 Å². The second-order valence-corrected chi connectivity index (χ2v) is 5.12. The van der Waals surface area contributed by atoms with Crippen molar-refractivity contribution in [1.82, 2.24) is 0 Å². The number of halogens is 1. The first-order valence-electron chi connectivity index (χ1n) is 3.68. The number of hydrogen-bond acceptors (Lipinski definition) is 3. The number of rotatable bonds is 3. The van der Waals surface area contributed by atoms with Gasteiger partial charge in [0, 0.05) is 16.4 Å². The molecule has 0 amide bonds. The minimum atomic E-state index is -0.656. The molecule has 1 aromatic rings. The van der Waals surface area contributed by atoms with Crippen LogP contribution in [0.1, 0.15) is 13.8 Å². The Morgan fingerprint density at radius 2 is 2.33 bits per heavy atom. The van der Waals surface area contributed by atoms with E-state index in [-0.39, 0.29) is 0 Å². The average Bonchev–Trinajstić information content (AvgIpc) is 2.30. The molecule has 1 heterocycles. The third-order valence-electron chi connectivity index (χ3n) is 1.26.